The first-order valence-corrected chi connectivity index (χ1v) is 11.3. The Kier molecular flexibility index (Phi) is 8.64. The number of carbonyl (C=O) groups is 2. The molecule has 0 aromatic heterocycles. The molecule has 0 radical (unpaired) electrons. The molecule has 0 fully saturated rings. The van der Waals surface area contributed by atoms with Gasteiger partial charge in [0.25, 0.3) is 0 Å². The van der Waals surface area contributed by atoms with Crippen LogP contribution < -0.4 is 4.74 Å². The number of ether oxygens (including phenoxy) is 4. The highest BCUT2D eigenvalue weighted by atomic mass is 16.6. The van der Waals surface area contributed by atoms with Crippen LogP contribution in [0, 0.1) is 6.92 Å². The van der Waals surface area contributed by atoms with Crippen molar-refractivity contribution in [2.24, 2.45) is 0 Å². The van der Waals surface area contributed by atoms with Gasteiger partial charge in [-0.25, -0.2) is 9.59 Å². The van der Waals surface area contributed by atoms with Crippen LogP contribution in [0.25, 0.3) is 6.08 Å². The van der Waals surface area contributed by atoms with Crippen molar-refractivity contribution in [1.29, 1.82) is 0 Å². The molecule has 0 bridgehead atoms. The normalized spacial score (nSPS) is 14.5. The zero-order valence-electron chi connectivity index (χ0n) is 20.8. The van der Waals surface area contributed by atoms with E-state index in [0.717, 1.165) is 19.8 Å². The average Bonchev–Trinajstić information content (AvgIpc) is 2.93. The van der Waals surface area contributed by atoms with Crippen molar-refractivity contribution in [3.63, 3.8) is 0 Å². The van der Waals surface area contributed by atoms with Gasteiger partial charge >= 0.3 is 11.9 Å². The molecule has 0 unspecified atom stereocenters. The van der Waals surface area contributed by atoms with Gasteiger partial charge in [0, 0.05) is 0 Å². The van der Waals surface area contributed by atoms with Crippen LogP contribution in [-0.2, 0) is 36.0 Å². The Balaban J connectivity index is 2.25. The Labute approximate surface area is 210 Å². The summed E-state index contributed by atoms with van der Waals surface area (Å²) in [5.74, 6) is -1.57. The second-order valence-electron chi connectivity index (χ2n) is 8.18. The summed E-state index contributed by atoms with van der Waals surface area (Å²) in [6.07, 6.45) is 2.74. The van der Waals surface area contributed by atoms with Gasteiger partial charge in [0.15, 0.2) is 0 Å². The minimum atomic E-state index is -2.61. The molecule has 0 saturated carbocycles. The third-order valence-electron chi connectivity index (χ3n) is 5.90. The summed E-state index contributed by atoms with van der Waals surface area (Å²) >= 11 is 0. The first-order chi connectivity index (χ1) is 17.3. The predicted octanol–water partition coefficient (Wildman–Crippen LogP) is 4.21. The van der Waals surface area contributed by atoms with Crippen molar-refractivity contribution in [1.82, 2.24) is 0 Å². The largest absolute Gasteiger partial charge is 0.497 e. The monoisotopic (exact) mass is 490 g/mol. The van der Waals surface area contributed by atoms with Crippen LogP contribution in [0.1, 0.15) is 22.3 Å². The summed E-state index contributed by atoms with van der Waals surface area (Å²) in [6, 6.07) is 22.8. The minimum absolute atomic E-state index is 0.111. The van der Waals surface area contributed by atoms with Gasteiger partial charge in [0.05, 0.1) is 27.9 Å². The molecule has 36 heavy (non-hydrogen) atoms. The summed E-state index contributed by atoms with van der Waals surface area (Å²) in [6.45, 7) is 1.83. The zero-order valence-corrected chi connectivity index (χ0v) is 20.8. The Hall–Kier alpha value is -3.94. The van der Waals surface area contributed by atoms with Crippen molar-refractivity contribution in [2.45, 2.75) is 24.7 Å². The maximum atomic E-state index is 13.6. The molecular formula is C29H30O7. The molecule has 0 heterocycles. The van der Waals surface area contributed by atoms with Crippen molar-refractivity contribution in [3.05, 3.63) is 107 Å². The van der Waals surface area contributed by atoms with Crippen LogP contribution >= 0.6 is 0 Å². The van der Waals surface area contributed by atoms with Gasteiger partial charge in [-0.05, 0) is 41.8 Å². The maximum absolute atomic E-state index is 13.6. The Morgan fingerprint density at radius 2 is 1.44 bits per heavy atom. The quantitative estimate of drug-likeness (QED) is 0.426. The SMILES string of the molecule is COC(=O)[C@@](OCc1ccccc1)(c1ccc(OC)cc1)[C@](O)(/C=C/c1ccc(C)cc1)C(=O)OC. The highest BCUT2D eigenvalue weighted by molar-refractivity contribution is 5.96. The molecule has 0 aliphatic heterocycles. The van der Waals surface area contributed by atoms with Crippen molar-refractivity contribution >= 4 is 18.0 Å². The number of hydrogen-bond donors (Lipinski definition) is 1. The van der Waals surface area contributed by atoms with Crippen molar-refractivity contribution in [3.8, 4) is 5.75 Å². The van der Waals surface area contributed by atoms with E-state index in [1.54, 1.807) is 24.3 Å². The van der Waals surface area contributed by atoms with Crippen LogP contribution in [0.3, 0.4) is 0 Å². The molecule has 0 aliphatic carbocycles. The number of aryl methyl sites for hydroxylation is 1. The molecule has 0 saturated heterocycles. The lowest BCUT2D eigenvalue weighted by atomic mass is 9.76. The van der Waals surface area contributed by atoms with Crippen molar-refractivity contribution < 1.29 is 33.6 Å². The van der Waals surface area contributed by atoms with Crippen molar-refractivity contribution in [2.75, 3.05) is 21.3 Å². The van der Waals surface area contributed by atoms with E-state index in [1.165, 1.54) is 31.4 Å². The number of esters is 2. The molecular weight excluding hydrogens is 460 g/mol. The molecule has 0 amide bonds. The second kappa shape index (κ2) is 11.7. The Morgan fingerprint density at radius 3 is 2.00 bits per heavy atom. The molecule has 7 nitrogen and oxygen atoms in total. The van der Waals surface area contributed by atoms with E-state index in [0.29, 0.717) is 16.9 Å². The van der Waals surface area contributed by atoms with E-state index < -0.39 is 23.1 Å². The summed E-state index contributed by atoms with van der Waals surface area (Å²) in [4.78, 5) is 26.8. The number of hydrogen-bond acceptors (Lipinski definition) is 7. The molecule has 0 aliphatic rings. The zero-order chi connectivity index (χ0) is 26.2. The van der Waals surface area contributed by atoms with Crippen LogP contribution in [0.15, 0.2) is 84.9 Å². The summed E-state index contributed by atoms with van der Waals surface area (Å²) in [7, 11) is 3.79. The van der Waals surface area contributed by atoms with E-state index in [-0.39, 0.29) is 12.2 Å². The fraction of sp³-hybridized carbons (Fsp3) is 0.241. The van der Waals surface area contributed by atoms with E-state index in [4.69, 9.17) is 18.9 Å². The van der Waals surface area contributed by atoms with Crippen LogP contribution in [-0.4, -0.2) is 44.0 Å². The number of benzene rings is 3. The molecule has 0 spiro atoms. The van der Waals surface area contributed by atoms with E-state index in [2.05, 4.69) is 0 Å². The topological polar surface area (TPSA) is 91.3 Å². The van der Waals surface area contributed by atoms with Crippen LogP contribution in [0.4, 0.5) is 0 Å². The third-order valence-corrected chi connectivity index (χ3v) is 5.90. The lowest BCUT2D eigenvalue weighted by Crippen LogP contribution is -2.62. The Bertz CT molecular complexity index is 1190. The van der Waals surface area contributed by atoms with E-state index in [9.17, 15) is 14.7 Å². The lowest BCUT2D eigenvalue weighted by Gasteiger charge is -2.41. The molecule has 7 heteroatoms. The third kappa shape index (κ3) is 5.32. The molecule has 1 N–H and O–H groups in total. The Morgan fingerprint density at radius 1 is 0.833 bits per heavy atom. The van der Waals surface area contributed by atoms with E-state index >= 15 is 0 Å². The molecule has 2 atom stereocenters. The summed E-state index contributed by atoms with van der Waals surface area (Å²) in [5, 5.41) is 12.0. The smallest absolute Gasteiger partial charge is 0.346 e. The molecule has 3 aromatic carbocycles. The van der Waals surface area contributed by atoms with Gasteiger partial charge < -0.3 is 24.1 Å². The van der Waals surface area contributed by atoms with E-state index in [1.807, 2.05) is 49.4 Å². The minimum Gasteiger partial charge on any atom is -0.497 e. The van der Waals surface area contributed by atoms with Gasteiger partial charge in [0.2, 0.25) is 11.2 Å². The average molecular weight is 491 g/mol. The standard InChI is InChI=1S/C29H30O7/c1-21-10-12-22(13-11-21)18-19-28(32,26(30)34-3)29(27(31)35-4,24-14-16-25(33-2)17-15-24)36-20-23-8-6-5-7-9-23/h5-19,32H,20H2,1-4H3/b19-18+/t28-,29-/m0/s1. The molecule has 3 aromatic rings. The van der Waals surface area contributed by atoms with Gasteiger partial charge in [-0.3, -0.25) is 0 Å². The fourth-order valence-electron chi connectivity index (χ4n) is 3.86. The molecule has 3 rings (SSSR count). The molecule has 188 valence electrons. The highest BCUT2D eigenvalue weighted by Gasteiger charge is 2.63. The fourth-order valence-corrected chi connectivity index (χ4v) is 3.86. The highest BCUT2D eigenvalue weighted by Crippen LogP contribution is 2.42. The van der Waals surface area contributed by atoms with Crippen LogP contribution in [0.5, 0.6) is 5.75 Å². The summed E-state index contributed by atoms with van der Waals surface area (Å²) < 4.78 is 21.6. The van der Waals surface area contributed by atoms with Gasteiger partial charge in [-0.2, -0.15) is 0 Å². The van der Waals surface area contributed by atoms with Gasteiger partial charge in [0.1, 0.15) is 5.75 Å². The first-order valence-electron chi connectivity index (χ1n) is 11.3. The van der Waals surface area contributed by atoms with Gasteiger partial charge in [-0.15, -0.1) is 0 Å². The number of aliphatic hydroxyl groups is 1. The maximum Gasteiger partial charge on any atom is 0.346 e. The van der Waals surface area contributed by atoms with Gasteiger partial charge in [-0.1, -0.05) is 78.4 Å². The number of rotatable bonds is 10. The number of methoxy groups -OCH3 is 3. The predicted molar refractivity (Wildman–Crippen MR) is 135 cm³/mol. The first kappa shape index (κ1) is 26.7. The van der Waals surface area contributed by atoms with Crippen LogP contribution in [0.2, 0.25) is 0 Å². The second-order valence-corrected chi connectivity index (χ2v) is 8.18. The lowest BCUT2D eigenvalue weighted by molar-refractivity contribution is -0.218. The number of carbonyl (C=O) groups excluding carboxylic acids is 2. The summed E-state index contributed by atoms with van der Waals surface area (Å²) in [5.41, 5.74) is -2.30.